The van der Waals surface area contributed by atoms with Crippen molar-refractivity contribution in [3.63, 3.8) is 0 Å². The first-order valence-electron chi connectivity index (χ1n) is 16.4. The Morgan fingerprint density at radius 2 is 1.60 bits per heavy atom. The molecule has 0 saturated carbocycles. The Labute approximate surface area is 283 Å². The summed E-state index contributed by atoms with van der Waals surface area (Å²) >= 11 is 0. The second-order valence-corrected chi connectivity index (χ2v) is 12.0. The van der Waals surface area contributed by atoms with Crippen LogP contribution in [0, 0.1) is 6.92 Å². The van der Waals surface area contributed by atoms with Crippen LogP contribution in [0.4, 0.5) is 0 Å². The molecule has 0 aromatic carbocycles. The molecule has 13 nitrogen and oxygen atoms in total. The van der Waals surface area contributed by atoms with Crippen molar-refractivity contribution in [3.8, 4) is 0 Å². The Morgan fingerprint density at radius 1 is 1.02 bits per heavy atom. The van der Waals surface area contributed by atoms with Crippen molar-refractivity contribution in [3.05, 3.63) is 116 Å². The van der Waals surface area contributed by atoms with E-state index in [-0.39, 0.29) is 32.0 Å². The topological polar surface area (TPSA) is 180 Å². The fourth-order valence-electron chi connectivity index (χ4n) is 4.50. The van der Waals surface area contributed by atoms with Crippen molar-refractivity contribution in [2.45, 2.75) is 90.0 Å². The lowest BCUT2D eigenvalue weighted by atomic mass is 10.1. The molecule has 2 rings (SSSR count). The van der Waals surface area contributed by atoms with Gasteiger partial charge in [0, 0.05) is 36.1 Å². The first-order chi connectivity index (χ1) is 23.3. The summed E-state index contributed by atoms with van der Waals surface area (Å²) in [5.41, 5.74) is 8.09. The number of azide groups is 1. The van der Waals surface area contributed by atoms with E-state index >= 15 is 0 Å². The lowest BCUT2D eigenvalue weighted by molar-refractivity contribution is -0.120. The maximum Gasteiger partial charge on any atom is 0.613 e. The summed E-state index contributed by atoms with van der Waals surface area (Å²) in [5.74, 6) is -0.109. The molecule has 3 N–H and O–H groups in total. The number of nitrogens with zero attached hydrogens (tertiary/aromatic N) is 4. The highest BCUT2D eigenvalue weighted by Gasteiger charge is 2.38. The molecule has 48 heavy (non-hydrogen) atoms. The van der Waals surface area contributed by atoms with Crippen LogP contribution in [0.2, 0.25) is 0 Å². The van der Waals surface area contributed by atoms with Gasteiger partial charge in [0.05, 0.1) is 18.7 Å². The van der Waals surface area contributed by atoms with Gasteiger partial charge < -0.3 is 10.1 Å². The van der Waals surface area contributed by atoms with E-state index in [1.807, 2.05) is 12.2 Å². The van der Waals surface area contributed by atoms with E-state index in [1.54, 1.807) is 6.92 Å². The number of amides is 1. The summed E-state index contributed by atoms with van der Waals surface area (Å²) in [6.45, 7) is 4.03. The number of hydrogen-bond acceptors (Lipinski definition) is 7. The number of aromatic nitrogens is 2. The van der Waals surface area contributed by atoms with Crippen LogP contribution >= 0.6 is 8.18 Å². The average molecular weight is 683 g/mol. The number of carbonyl (C=O) groups excluding carboxylic acids is 1. The molecular formula is C34H49N7O6P+. The predicted octanol–water partition coefficient (Wildman–Crippen LogP) is 6.67. The predicted molar refractivity (Wildman–Crippen MR) is 190 cm³/mol. The van der Waals surface area contributed by atoms with Gasteiger partial charge in [-0.25, -0.2) is 4.79 Å². The Hall–Kier alpha value is -4.12. The molecule has 1 aromatic heterocycles. The number of aromatic amines is 1. The van der Waals surface area contributed by atoms with E-state index in [2.05, 4.69) is 93.1 Å². The zero-order valence-corrected chi connectivity index (χ0v) is 28.8. The summed E-state index contributed by atoms with van der Waals surface area (Å²) in [6, 6.07) is -0.664. The molecule has 0 spiro atoms. The zero-order valence-electron chi connectivity index (χ0n) is 27.9. The van der Waals surface area contributed by atoms with Crippen molar-refractivity contribution in [2.75, 3.05) is 19.7 Å². The number of H-pyrrole nitrogens is 1. The van der Waals surface area contributed by atoms with Crippen LogP contribution in [0.25, 0.3) is 10.4 Å². The van der Waals surface area contributed by atoms with Crippen molar-refractivity contribution < 1.29 is 18.6 Å². The molecule has 1 amide bonds. The van der Waals surface area contributed by atoms with Crippen molar-refractivity contribution in [1.29, 1.82) is 0 Å². The highest BCUT2D eigenvalue weighted by Crippen LogP contribution is 2.32. The monoisotopic (exact) mass is 682 g/mol. The molecule has 1 saturated heterocycles. The summed E-state index contributed by atoms with van der Waals surface area (Å²) in [5, 5.41) is 9.17. The molecule has 1 aromatic rings. The van der Waals surface area contributed by atoms with Crippen molar-refractivity contribution >= 4 is 14.1 Å². The van der Waals surface area contributed by atoms with Crippen molar-refractivity contribution in [1.82, 2.24) is 20.0 Å². The van der Waals surface area contributed by atoms with Crippen LogP contribution in [-0.2, 0) is 18.6 Å². The molecule has 2 heterocycles. The second kappa shape index (κ2) is 25.0. The standard InChI is InChI=1S/C34H48N7O6P/c1-3-4-5-6-7-8-9-10-11-12-13-14-15-16-17-18-19-20-21-22-31(42)36-23-24-37-48(45)46-27-30-29(39-40-35)25-32(47-30)41-26-28(2)33(43)38-34(41)44/h4-5,7-8,10-11,13-14,16-17,19-20,26,29-30,32H,3,6,9,12,15,18,21-25,27H2,1-2H3,(H2-,36,37,38,42,43,44,45)/p+1/b5-4-,8-7-,11-10-,14-13-,17-16-,20-19-/t29-,30+,32?/m0/s1. The summed E-state index contributed by atoms with van der Waals surface area (Å²) in [6.07, 6.45) is 32.4. The normalized spacial score (nSPS) is 18.7. The lowest BCUT2D eigenvalue weighted by Gasteiger charge is -2.15. The van der Waals surface area contributed by atoms with Crippen LogP contribution in [0.15, 0.2) is 93.8 Å². The van der Waals surface area contributed by atoms with Gasteiger partial charge in [-0.05, 0) is 62.0 Å². The number of allylic oxidation sites excluding steroid dienone is 12. The van der Waals surface area contributed by atoms with Gasteiger partial charge in [-0.1, -0.05) is 90.0 Å². The zero-order chi connectivity index (χ0) is 34.8. The first kappa shape index (κ1) is 40.1. The van der Waals surface area contributed by atoms with E-state index in [9.17, 15) is 18.9 Å². The molecule has 0 radical (unpaired) electrons. The minimum absolute atomic E-state index is 0.109. The minimum atomic E-state index is -2.28. The van der Waals surface area contributed by atoms with Crippen LogP contribution in [0.1, 0.15) is 76.5 Å². The maximum absolute atomic E-state index is 12.3. The number of rotatable bonds is 23. The summed E-state index contributed by atoms with van der Waals surface area (Å²) in [4.78, 5) is 41.0. The van der Waals surface area contributed by atoms with Crippen LogP contribution in [-0.4, -0.2) is 47.3 Å². The summed E-state index contributed by atoms with van der Waals surface area (Å²) < 4.78 is 24.7. The van der Waals surface area contributed by atoms with Gasteiger partial charge in [0.15, 0.2) is 0 Å². The van der Waals surface area contributed by atoms with E-state index in [0.717, 1.165) is 38.5 Å². The average Bonchev–Trinajstić information content (AvgIpc) is 3.47. The van der Waals surface area contributed by atoms with E-state index in [4.69, 9.17) is 14.8 Å². The van der Waals surface area contributed by atoms with Gasteiger partial charge in [0.2, 0.25) is 5.91 Å². The van der Waals surface area contributed by atoms with Gasteiger partial charge in [-0.15, -0.1) is 4.52 Å². The number of carbonyl (C=O) groups is 1. The smallest absolute Gasteiger partial charge is 0.355 e. The Balaban J connectivity index is 1.52. The Morgan fingerprint density at radius 3 is 2.19 bits per heavy atom. The molecule has 0 bridgehead atoms. The quantitative estimate of drug-likeness (QED) is 0.0288. The Bertz CT molecular complexity index is 1490. The third-order valence-electron chi connectivity index (χ3n) is 7.04. The van der Waals surface area contributed by atoms with Crippen LogP contribution < -0.4 is 21.7 Å². The highest BCUT2D eigenvalue weighted by molar-refractivity contribution is 7.36. The molecule has 4 atom stereocenters. The minimum Gasteiger partial charge on any atom is -0.355 e. The van der Waals surface area contributed by atoms with Gasteiger partial charge in [0.1, 0.15) is 12.8 Å². The fourth-order valence-corrected chi connectivity index (χ4v) is 5.17. The SMILES string of the molecule is CC/C=C\C/C=C\C/C=C\C/C=C\C/C=C\C/C=C\CCC(=O)NCCN[P+](=O)OC[C@H]1OC(n2cc(C)c(=O)[nH]c2=O)C[C@@H]1N=[N+]=[N-]. The number of ether oxygens (including phenoxy) is 1. The largest absolute Gasteiger partial charge is 0.613 e. The Kier molecular flexibility index (Phi) is 20.8. The molecule has 0 aliphatic carbocycles. The fraction of sp³-hybridized carbons (Fsp3) is 0.500. The van der Waals surface area contributed by atoms with Crippen LogP contribution in [0.5, 0.6) is 0 Å². The third-order valence-corrected chi connectivity index (χ3v) is 7.90. The van der Waals surface area contributed by atoms with E-state index in [1.165, 1.54) is 10.8 Å². The van der Waals surface area contributed by atoms with Gasteiger partial charge in [-0.3, -0.25) is 19.1 Å². The maximum atomic E-state index is 12.3. The van der Waals surface area contributed by atoms with Crippen molar-refractivity contribution in [2.24, 2.45) is 5.11 Å². The molecule has 1 aliphatic heterocycles. The number of nitrogens with one attached hydrogen (secondary N) is 3. The molecule has 1 fully saturated rings. The second-order valence-electron chi connectivity index (χ2n) is 10.9. The van der Waals surface area contributed by atoms with Gasteiger partial charge in [0.25, 0.3) is 5.56 Å². The number of hydrogen-bond donors (Lipinski definition) is 3. The van der Waals surface area contributed by atoms with E-state index in [0.29, 0.717) is 18.4 Å². The molecule has 1 aliphatic rings. The van der Waals surface area contributed by atoms with Crippen LogP contribution in [0.3, 0.4) is 0 Å². The van der Waals surface area contributed by atoms with Gasteiger partial charge in [-0.2, -0.15) is 0 Å². The first-order valence-corrected chi connectivity index (χ1v) is 17.6. The third kappa shape index (κ3) is 17.2. The summed E-state index contributed by atoms with van der Waals surface area (Å²) in [7, 11) is -2.28. The molecule has 260 valence electrons. The molecule has 2 unspecified atom stereocenters. The number of aryl methyl sites for hydroxylation is 1. The molecule has 14 heteroatoms. The highest BCUT2D eigenvalue weighted by atomic mass is 31.1. The van der Waals surface area contributed by atoms with Gasteiger partial charge >= 0.3 is 13.9 Å². The van der Waals surface area contributed by atoms with E-state index < -0.39 is 37.8 Å². The molecular weight excluding hydrogens is 633 g/mol. The lowest BCUT2D eigenvalue weighted by Crippen LogP contribution is -2.33.